The Kier molecular flexibility index (Phi) is 4.21. The summed E-state index contributed by atoms with van der Waals surface area (Å²) in [5.74, 6) is 0.881. The fourth-order valence-electron chi connectivity index (χ4n) is 2.86. The summed E-state index contributed by atoms with van der Waals surface area (Å²) in [6.45, 7) is 4.51. The molecule has 3 nitrogen and oxygen atoms in total. The van der Waals surface area contributed by atoms with Crippen LogP contribution in [0.5, 0.6) is 0 Å². The second-order valence-corrected chi connectivity index (χ2v) is 5.51. The molecule has 0 amide bonds. The number of imidazole rings is 1. The van der Waals surface area contributed by atoms with Gasteiger partial charge in [0.05, 0.1) is 12.0 Å². The van der Waals surface area contributed by atoms with Crippen molar-refractivity contribution in [3.8, 4) is 0 Å². The van der Waals surface area contributed by atoms with Crippen LogP contribution in [-0.4, -0.2) is 9.55 Å². The quantitative estimate of drug-likeness (QED) is 0.816. The molecule has 1 saturated carbocycles. The number of rotatable bonds is 3. The van der Waals surface area contributed by atoms with E-state index in [-0.39, 0.29) is 6.04 Å². The molecule has 2 N–H and O–H groups in total. The van der Waals surface area contributed by atoms with Crippen LogP contribution in [0.1, 0.15) is 70.2 Å². The zero-order chi connectivity index (χ0) is 12.3. The molecule has 2 rings (SSSR count). The topological polar surface area (TPSA) is 43.8 Å². The standard InChI is InChI=1S/C14H25N3/c1-3-13(15)14-9-16-10-17(14)12-6-4-5-11(2)7-8-12/h9-13H,3-8,15H2,1-2H3/t11?,12?,13-/m1/s1. The summed E-state index contributed by atoms with van der Waals surface area (Å²) in [6.07, 6.45) is 11.5. The Bertz CT molecular complexity index is 345. The fraction of sp³-hybridized carbons (Fsp3) is 0.786. The molecule has 1 aliphatic rings. The van der Waals surface area contributed by atoms with E-state index in [1.807, 2.05) is 12.5 Å². The molecule has 1 aromatic heterocycles. The molecular weight excluding hydrogens is 210 g/mol. The molecular formula is C14H25N3. The molecule has 17 heavy (non-hydrogen) atoms. The minimum atomic E-state index is 0.137. The van der Waals surface area contributed by atoms with Gasteiger partial charge in [-0.2, -0.15) is 0 Å². The molecule has 3 atom stereocenters. The summed E-state index contributed by atoms with van der Waals surface area (Å²) in [5, 5.41) is 0. The molecule has 3 heteroatoms. The van der Waals surface area contributed by atoms with Crippen LogP contribution in [0.2, 0.25) is 0 Å². The maximum atomic E-state index is 6.15. The van der Waals surface area contributed by atoms with Crippen LogP contribution in [0.15, 0.2) is 12.5 Å². The van der Waals surface area contributed by atoms with Gasteiger partial charge in [-0.05, 0) is 31.6 Å². The number of hydrogen-bond acceptors (Lipinski definition) is 2. The number of aromatic nitrogens is 2. The van der Waals surface area contributed by atoms with Crippen LogP contribution in [-0.2, 0) is 0 Å². The Morgan fingerprint density at radius 1 is 1.41 bits per heavy atom. The van der Waals surface area contributed by atoms with Gasteiger partial charge in [-0.25, -0.2) is 4.98 Å². The Balaban J connectivity index is 2.13. The van der Waals surface area contributed by atoms with Crippen molar-refractivity contribution in [2.24, 2.45) is 11.7 Å². The third-order valence-corrected chi connectivity index (χ3v) is 4.14. The normalized spacial score (nSPS) is 27.7. The van der Waals surface area contributed by atoms with Gasteiger partial charge in [0.1, 0.15) is 0 Å². The lowest BCUT2D eigenvalue weighted by Crippen LogP contribution is -2.17. The van der Waals surface area contributed by atoms with E-state index in [4.69, 9.17) is 5.73 Å². The van der Waals surface area contributed by atoms with Crippen LogP contribution in [0.3, 0.4) is 0 Å². The third kappa shape index (κ3) is 2.89. The largest absolute Gasteiger partial charge is 0.330 e. The Hall–Kier alpha value is -0.830. The Labute approximate surface area is 104 Å². The van der Waals surface area contributed by atoms with Gasteiger partial charge >= 0.3 is 0 Å². The lowest BCUT2D eigenvalue weighted by Gasteiger charge is -2.21. The van der Waals surface area contributed by atoms with Gasteiger partial charge in [0.25, 0.3) is 0 Å². The van der Waals surface area contributed by atoms with Crippen molar-refractivity contribution >= 4 is 0 Å². The predicted molar refractivity (Wildman–Crippen MR) is 70.7 cm³/mol. The monoisotopic (exact) mass is 235 g/mol. The van der Waals surface area contributed by atoms with Crippen LogP contribution in [0, 0.1) is 5.92 Å². The van der Waals surface area contributed by atoms with Gasteiger partial charge in [0.2, 0.25) is 0 Å². The van der Waals surface area contributed by atoms with Crippen LogP contribution < -0.4 is 5.73 Å². The van der Waals surface area contributed by atoms with E-state index in [0.717, 1.165) is 12.3 Å². The van der Waals surface area contributed by atoms with Gasteiger partial charge in [-0.3, -0.25) is 0 Å². The summed E-state index contributed by atoms with van der Waals surface area (Å²) < 4.78 is 2.34. The second-order valence-electron chi connectivity index (χ2n) is 5.51. The molecule has 1 aromatic rings. The average molecular weight is 235 g/mol. The fourth-order valence-corrected chi connectivity index (χ4v) is 2.86. The Morgan fingerprint density at radius 2 is 2.24 bits per heavy atom. The molecule has 0 spiro atoms. The number of hydrogen-bond donors (Lipinski definition) is 1. The van der Waals surface area contributed by atoms with E-state index >= 15 is 0 Å². The molecule has 0 saturated heterocycles. The van der Waals surface area contributed by atoms with Crippen molar-refractivity contribution in [2.45, 2.75) is 64.5 Å². The van der Waals surface area contributed by atoms with Crippen molar-refractivity contribution in [3.63, 3.8) is 0 Å². The molecule has 0 aromatic carbocycles. The summed E-state index contributed by atoms with van der Waals surface area (Å²) in [6, 6.07) is 0.758. The zero-order valence-electron chi connectivity index (χ0n) is 11.1. The highest BCUT2D eigenvalue weighted by molar-refractivity contribution is 5.06. The van der Waals surface area contributed by atoms with E-state index in [1.54, 1.807) is 0 Å². The third-order valence-electron chi connectivity index (χ3n) is 4.14. The summed E-state index contributed by atoms with van der Waals surface area (Å²) in [4.78, 5) is 4.30. The molecule has 96 valence electrons. The lowest BCUT2D eigenvalue weighted by molar-refractivity contribution is 0.412. The van der Waals surface area contributed by atoms with Crippen LogP contribution >= 0.6 is 0 Å². The smallest absolute Gasteiger partial charge is 0.0951 e. The molecule has 1 heterocycles. The number of nitrogens with zero attached hydrogens (tertiary/aromatic N) is 2. The van der Waals surface area contributed by atoms with E-state index in [0.29, 0.717) is 6.04 Å². The van der Waals surface area contributed by atoms with Gasteiger partial charge in [0.15, 0.2) is 0 Å². The first-order valence-electron chi connectivity index (χ1n) is 6.99. The highest BCUT2D eigenvalue weighted by Gasteiger charge is 2.20. The maximum absolute atomic E-state index is 6.15. The summed E-state index contributed by atoms with van der Waals surface area (Å²) in [7, 11) is 0. The van der Waals surface area contributed by atoms with Crippen molar-refractivity contribution in [1.82, 2.24) is 9.55 Å². The lowest BCUT2D eigenvalue weighted by atomic mass is 10.0. The van der Waals surface area contributed by atoms with Gasteiger partial charge in [-0.1, -0.05) is 26.7 Å². The minimum Gasteiger partial charge on any atom is -0.330 e. The van der Waals surface area contributed by atoms with Crippen molar-refractivity contribution in [2.75, 3.05) is 0 Å². The summed E-state index contributed by atoms with van der Waals surface area (Å²) >= 11 is 0. The van der Waals surface area contributed by atoms with Crippen molar-refractivity contribution in [1.29, 1.82) is 0 Å². The first-order valence-corrected chi connectivity index (χ1v) is 6.99. The molecule has 0 aliphatic heterocycles. The molecule has 2 unspecified atom stereocenters. The number of nitrogens with two attached hydrogens (primary N) is 1. The average Bonchev–Trinajstić information content (AvgIpc) is 2.72. The van der Waals surface area contributed by atoms with E-state index < -0.39 is 0 Å². The molecule has 0 bridgehead atoms. The van der Waals surface area contributed by atoms with Crippen LogP contribution in [0.25, 0.3) is 0 Å². The van der Waals surface area contributed by atoms with E-state index in [2.05, 4.69) is 23.4 Å². The highest BCUT2D eigenvalue weighted by Crippen LogP contribution is 2.32. The minimum absolute atomic E-state index is 0.137. The van der Waals surface area contributed by atoms with Gasteiger partial charge in [-0.15, -0.1) is 0 Å². The molecule has 1 fully saturated rings. The molecule has 0 radical (unpaired) electrons. The highest BCUT2D eigenvalue weighted by atomic mass is 15.1. The SMILES string of the molecule is CC[C@@H](N)c1cncn1C1CCCC(C)CC1. The Morgan fingerprint density at radius 3 is 3.00 bits per heavy atom. The van der Waals surface area contributed by atoms with Gasteiger partial charge < -0.3 is 10.3 Å². The van der Waals surface area contributed by atoms with Gasteiger partial charge in [0, 0.05) is 18.3 Å². The molecule has 1 aliphatic carbocycles. The first-order chi connectivity index (χ1) is 8.22. The van der Waals surface area contributed by atoms with E-state index in [9.17, 15) is 0 Å². The van der Waals surface area contributed by atoms with Crippen molar-refractivity contribution in [3.05, 3.63) is 18.2 Å². The zero-order valence-corrected chi connectivity index (χ0v) is 11.1. The van der Waals surface area contributed by atoms with E-state index in [1.165, 1.54) is 37.8 Å². The first kappa shape index (κ1) is 12.6. The van der Waals surface area contributed by atoms with Crippen molar-refractivity contribution < 1.29 is 0 Å². The second kappa shape index (κ2) is 5.67. The maximum Gasteiger partial charge on any atom is 0.0951 e. The summed E-state index contributed by atoms with van der Waals surface area (Å²) in [5.41, 5.74) is 7.37. The predicted octanol–water partition coefficient (Wildman–Crippen LogP) is 3.43. The van der Waals surface area contributed by atoms with Crippen LogP contribution in [0.4, 0.5) is 0 Å².